The Morgan fingerprint density at radius 2 is 2.07 bits per heavy atom. The van der Waals surface area contributed by atoms with E-state index in [9.17, 15) is 4.79 Å². The molecule has 0 heterocycles. The highest BCUT2D eigenvalue weighted by atomic mass is 16.4. The van der Waals surface area contributed by atoms with Crippen LogP contribution >= 0.6 is 0 Å². The molecule has 0 aromatic heterocycles. The lowest BCUT2D eigenvalue weighted by atomic mass is 9.94. The molecule has 1 aliphatic rings. The smallest absolute Gasteiger partial charge is 0.303 e. The summed E-state index contributed by atoms with van der Waals surface area (Å²) >= 11 is 0. The van der Waals surface area contributed by atoms with Crippen LogP contribution in [-0.4, -0.2) is 23.2 Å². The van der Waals surface area contributed by atoms with Gasteiger partial charge in [0.15, 0.2) is 0 Å². The average Bonchev–Trinajstić information content (AvgIpc) is 2.16. The van der Waals surface area contributed by atoms with E-state index in [2.05, 4.69) is 12.2 Å². The van der Waals surface area contributed by atoms with Crippen LogP contribution in [0, 0.1) is 0 Å². The maximum Gasteiger partial charge on any atom is 0.303 e. The Balaban J connectivity index is 2.11. The second-order valence-electron chi connectivity index (χ2n) is 4.34. The van der Waals surface area contributed by atoms with Crippen LogP contribution in [0.3, 0.4) is 0 Å². The van der Waals surface area contributed by atoms with Gasteiger partial charge in [0.25, 0.3) is 0 Å². The van der Waals surface area contributed by atoms with Crippen LogP contribution in [0.15, 0.2) is 0 Å². The largest absolute Gasteiger partial charge is 0.481 e. The van der Waals surface area contributed by atoms with Crippen molar-refractivity contribution in [2.75, 3.05) is 0 Å². The van der Waals surface area contributed by atoms with Crippen molar-refractivity contribution in [1.29, 1.82) is 0 Å². The molecule has 1 atom stereocenters. The highest BCUT2D eigenvalue weighted by molar-refractivity contribution is 5.66. The molecule has 0 bridgehead atoms. The molecule has 1 unspecified atom stereocenters. The second-order valence-corrected chi connectivity index (χ2v) is 4.34. The van der Waals surface area contributed by atoms with Gasteiger partial charge in [-0.2, -0.15) is 0 Å². The Kier molecular flexibility index (Phi) is 4.94. The molecule has 3 nitrogen and oxygen atoms in total. The Labute approximate surface area is 85.9 Å². The lowest BCUT2D eigenvalue weighted by Gasteiger charge is -2.26. The van der Waals surface area contributed by atoms with Crippen molar-refractivity contribution in [2.24, 2.45) is 0 Å². The fraction of sp³-hybridized carbons (Fsp3) is 0.909. The highest BCUT2D eigenvalue weighted by Crippen LogP contribution is 2.18. The topological polar surface area (TPSA) is 49.3 Å². The van der Waals surface area contributed by atoms with E-state index < -0.39 is 5.97 Å². The van der Waals surface area contributed by atoms with Crippen LogP contribution in [0.5, 0.6) is 0 Å². The number of carboxylic acids is 1. The van der Waals surface area contributed by atoms with Crippen molar-refractivity contribution in [1.82, 2.24) is 5.32 Å². The molecule has 1 aliphatic carbocycles. The molecule has 1 fully saturated rings. The van der Waals surface area contributed by atoms with Crippen LogP contribution in [0.1, 0.15) is 51.9 Å². The monoisotopic (exact) mass is 199 g/mol. The summed E-state index contributed by atoms with van der Waals surface area (Å²) in [6.45, 7) is 2.08. The molecule has 14 heavy (non-hydrogen) atoms. The number of rotatable bonds is 5. The molecule has 1 rings (SSSR count). The van der Waals surface area contributed by atoms with Crippen LogP contribution in [-0.2, 0) is 4.79 Å². The van der Waals surface area contributed by atoms with E-state index in [1.54, 1.807) is 0 Å². The lowest BCUT2D eigenvalue weighted by molar-refractivity contribution is -0.137. The van der Waals surface area contributed by atoms with Crippen LogP contribution < -0.4 is 5.32 Å². The summed E-state index contributed by atoms with van der Waals surface area (Å²) in [6, 6.07) is 0.974. The number of nitrogens with one attached hydrogen (secondary N) is 1. The zero-order valence-electron chi connectivity index (χ0n) is 8.96. The molecular weight excluding hydrogens is 178 g/mol. The fourth-order valence-electron chi connectivity index (χ4n) is 2.09. The van der Waals surface area contributed by atoms with Gasteiger partial charge < -0.3 is 10.4 Å². The average molecular weight is 199 g/mol. The van der Waals surface area contributed by atoms with Gasteiger partial charge in [-0.05, 0) is 26.2 Å². The van der Waals surface area contributed by atoms with Crippen molar-refractivity contribution in [3.63, 3.8) is 0 Å². The molecule has 2 N–H and O–H groups in total. The first-order chi connectivity index (χ1) is 6.68. The molecule has 0 amide bonds. The van der Waals surface area contributed by atoms with E-state index in [0.717, 1.165) is 6.42 Å². The van der Waals surface area contributed by atoms with Gasteiger partial charge >= 0.3 is 5.97 Å². The van der Waals surface area contributed by atoms with E-state index in [4.69, 9.17) is 5.11 Å². The summed E-state index contributed by atoms with van der Waals surface area (Å²) in [5.74, 6) is -0.692. The van der Waals surface area contributed by atoms with Gasteiger partial charge in [-0.3, -0.25) is 4.79 Å². The summed E-state index contributed by atoms with van der Waals surface area (Å²) in [5, 5.41) is 12.1. The van der Waals surface area contributed by atoms with Gasteiger partial charge in [0.2, 0.25) is 0 Å². The third-order valence-electron chi connectivity index (χ3n) is 2.92. The van der Waals surface area contributed by atoms with E-state index in [1.165, 1.54) is 32.1 Å². The second kappa shape index (κ2) is 6.02. The van der Waals surface area contributed by atoms with E-state index in [0.29, 0.717) is 12.1 Å². The molecule has 0 aliphatic heterocycles. The predicted octanol–water partition coefficient (Wildman–Crippen LogP) is 2.16. The van der Waals surface area contributed by atoms with Crippen molar-refractivity contribution in [3.05, 3.63) is 0 Å². The Bertz CT molecular complexity index is 176. The minimum atomic E-state index is -0.692. The van der Waals surface area contributed by atoms with Gasteiger partial charge in [-0.25, -0.2) is 0 Å². The molecule has 1 saturated carbocycles. The first-order valence-electron chi connectivity index (χ1n) is 5.66. The minimum Gasteiger partial charge on any atom is -0.481 e. The third-order valence-corrected chi connectivity index (χ3v) is 2.92. The normalized spacial score (nSPS) is 20.6. The third kappa shape index (κ3) is 4.61. The Morgan fingerprint density at radius 3 is 2.64 bits per heavy atom. The Hall–Kier alpha value is -0.570. The van der Waals surface area contributed by atoms with Gasteiger partial charge in [-0.15, -0.1) is 0 Å². The van der Waals surface area contributed by atoms with Gasteiger partial charge in [0.05, 0.1) is 0 Å². The van der Waals surface area contributed by atoms with Crippen LogP contribution in [0.4, 0.5) is 0 Å². The van der Waals surface area contributed by atoms with Crippen LogP contribution in [0.2, 0.25) is 0 Å². The Morgan fingerprint density at radius 1 is 1.43 bits per heavy atom. The summed E-state index contributed by atoms with van der Waals surface area (Å²) in [5.41, 5.74) is 0. The van der Waals surface area contributed by atoms with E-state index in [1.807, 2.05) is 0 Å². The summed E-state index contributed by atoms with van der Waals surface area (Å²) in [7, 11) is 0. The number of hydrogen-bond acceptors (Lipinski definition) is 2. The summed E-state index contributed by atoms with van der Waals surface area (Å²) in [6.07, 6.45) is 7.55. The number of aliphatic carboxylic acids is 1. The van der Waals surface area contributed by atoms with Crippen molar-refractivity contribution >= 4 is 5.97 Å². The number of carboxylic acid groups (broad SMARTS) is 1. The number of carbonyl (C=O) groups is 1. The van der Waals surface area contributed by atoms with E-state index in [-0.39, 0.29) is 6.42 Å². The minimum absolute atomic E-state index is 0.279. The SMILES string of the molecule is CC(CCC(=O)O)NC1CCCCC1. The highest BCUT2D eigenvalue weighted by Gasteiger charge is 2.15. The molecule has 0 saturated heterocycles. The maximum absolute atomic E-state index is 10.4. The van der Waals surface area contributed by atoms with Gasteiger partial charge in [-0.1, -0.05) is 19.3 Å². The van der Waals surface area contributed by atoms with Gasteiger partial charge in [0, 0.05) is 18.5 Å². The molecule has 0 spiro atoms. The first-order valence-corrected chi connectivity index (χ1v) is 5.66. The van der Waals surface area contributed by atoms with Gasteiger partial charge in [0.1, 0.15) is 0 Å². The van der Waals surface area contributed by atoms with Crippen LogP contribution in [0.25, 0.3) is 0 Å². The summed E-state index contributed by atoms with van der Waals surface area (Å²) in [4.78, 5) is 10.4. The van der Waals surface area contributed by atoms with Crippen molar-refractivity contribution < 1.29 is 9.90 Å². The molecule has 82 valence electrons. The maximum atomic E-state index is 10.4. The molecular formula is C11H21NO2. The van der Waals surface area contributed by atoms with Crippen molar-refractivity contribution in [2.45, 2.75) is 64.0 Å². The first kappa shape index (κ1) is 11.5. The van der Waals surface area contributed by atoms with Crippen molar-refractivity contribution in [3.8, 4) is 0 Å². The molecule has 0 aromatic rings. The number of hydrogen-bond donors (Lipinski definition) is 2. The molecule has 0 radical (unpaired) electrons. The van der Waals surface area contributed by atoms with E-state index >= 15 is 0 Å². The fourth-order valence-corrected chi connectivity index (χ4v) is 2.09. The lowest BCUT2D eigenvalue weighted by Crippen LogP contribution is -2.38. The summed E-state index contributed by atoms with van der Waals surface area (Å²) < 4.78 is 0. The zero-order chi connectivity index (χ0) is 10.4. The zero-order valence-corrected chi connectivity index (χ0v) is 8.96. The molecule has 0 aromatic carbocycles. The quantitative estimate of drug-likeness (QED) is 0.713. The standard InChI is InChI=1S/C11H21NO2/c1-9(7-8-11(13)14)12-10-5-3-2-4-6-10/h9-10,12H,2-8H2,1H3,(H,13,14). The molecule has 3 heteroatoms. The predicted molar refractivity (Wildman–Crippen MR) is 56.3 cm³/mol.